The van der Waals surface area contributed by atoms with Crippen LogP contribution in [0.3, 0.4) is 0 Å². The minimum atomic E-state index is -3.76. The van der Waals surface area contributed by atoms with Gasteiger partial charge in [-0.2, -0.15) is 0 Å². The van der Waals surface area contributed by atoms with Crippen LogP contribution in [-0.4, -0.2) is 37.0 Å². The zero-order valence-corrected chi connectivity index (χ0v) is 11.0. The molecule has 0 radical (unpaired) electrons. The van der Waals surface area contributed by atoms with Crippen LogP contribution in [-0.2, 0) is 15.8 Å². The first kappa shape index (κ1) is 14.4. The molecule has 1 N–H and O–H groups in total. The standard InChI is InChI=1S/C12H15F2NO3S/c13-11-2-1-3-12(14)10(11)8-19(17,18)15-6-4-9(16)5-7-15/h1-3,9,16H,4-8H2. The molecule has 0 aliphatic carbocycles. The summed E-state index contributed by atoms with van der Waals surface area (Å²) in [6, 6.07) is 3.26. The van der Waals surface area contributed by atoms with Crippen LogP contribution in [0.4, 0.5) is 8.78 Å². The predicted octanol–water partition coefficient (Wildman–Crippen LogP) is 1.25. The molecule has 0 spiro atoms. The summed E-state index contributed by atoms with van der Waals surface area (Å²) in [4.78, 5) is 0. The van der Waals surface area contributed by atoms with E-state index in [0.717, 1.165) is 12.1 Å². The molecule has 19 heavy (non-hydrogen) atoms. The number of hydrogen-bond donors (Lipinski definition) is 1. The highest BCUT2D eigenvalue weighted by Gasteiger charge is 2.29. The monoisotopic (exact) mass is 291 g/mol. The van der Waals surface area contributed by atoms with Gasteiger partial charge in [-0.05, 0) is 25.0 Å². The highest BCUT2D eigenvalue weighted by molar-refractivity contribution is 7.88. The lowest BCUT2D eigenvalue weighted by molar-refractivity contribution is 0.113. The van der Waals surface area contributed by atoms with Gasteiger partial charge in [-0.3, -0.25) is 0 Å². The van der Waals surface area contributed by atoms with E-state index in [1.54, 1.807) is 0 Å². The number of halogens is 2. The van der Waals surface area contributed by atoms with E-state index in [-0.39, 0.29) is 13.1 Å². The number of aliphatic hydroxyl groups is 1. The average molecular weight is 291 g/mol. The molecule has 0 saturated carbocycles. The van der Waals surface area contributed by atoms with Crippen molar-refractivity contribution in [1.29, 1.82) is 0 Å². The average Bonchev–Trinajstić information content (AvgIpc) is 2.35. The molecule has 1 fully saturated rings. The molecule has 0 unspecified atom stereocenters. The zero-order valence-electron chi connectivity index (χ0n) is 10.2. The van der Waals surface area contributed by atoms with E-state index in [4.69, 9.17) is 0 Å². The van der Waals surface area contributed by atoms with E-state index in [1.165, 1.54) is 10.4 Å². The molecule has 7 heteroatoms. The van der Waals surface area contributed by atoms with Gasteiger partial charge in [0.25, 0.3) is 0 Å². The summed E-state index contributed by atoms with van der Waals surface area (Å²) >= 11 is 0. The molecule has 1 aromatic rings. The Kier molecular flexibility index (Phi) is 4.17. The van der Waals surface area contributed by atoms with Crippen LogP contribution in [0.2, 0.25) is 0 Å². The summed E-state index contributed by atoms with van der Waals surface area (Å²) in [6.07, 6.45) is 0.189. The van der Waals surface area contributed by atoms with Gasteiger partial charge < -0.3 is 5.11 Å². The van der Waals surface area contributed by atoms with Crippen LogP contribution >= 0.6 is 0 Å². The van der Waals surface area contributed by atoms with Gasteiger partial charge in [0.2, 0.25) is 10.0 Å². The number of aliphatic hydroxyl groups excluding tert-OH is 1. The second kappa shape index (κ2) is 5.52. The van der Waals surface area contributed by atoms with Gasteiger partial charge in [0.1, 0.15) is 11.6 Å². The van der Waals surface area contributed by atoms with Crippen molar-refractivity contribution in [2.75, 3.05) is 13.1 Å². The number of piperidine rings is 1. The molecule has 0 amide bonds. The summed E-state index contributed by atoms with van der Waals surface area (Å²) in [5.41, 5.74) is -0.436. The topological polar surface area (TPSA) is 57.6 Å². The summed E-state index contributed by atoms with van der Waals surface area (Å²) in [5, 5.41) is 9.33. The molecule has 0 bridgehead atoms. The van der Waals surface area contributed by atoms with E-state index in [9.17, 15) is 22.3 Å². The van der Waals surface area contributed by atoms with Gasteiger partial charge >= 0.3 is 0 Å². The van der Waals surface area contributed by atoms with E-state index >= 15 is 0 Å². The van der Waals surface area contributed by atoms with Crippen molar-refractivity contribution in [2.24, 2.45) is 0 Å². The van der Waals surface area contributed by atoms with Crippen LogP contribution in [0.1, 0.15) is 18.4 Å². The van der Waals surface area contributed by atoms with E-state index in [2.05, 4.69) is 0 Å². The van der Waals surface area contributed by atoms with Gasteiger partial charge in [0.05, 0.1) is 11.9 Å². The fourth-order valence-electron chi connectivity index (χ4n) is 2.06. The third kappa shape index (κ3) is 3.29. The smallest absolute Gasteiger partial charge is 0.218 e. The maximum Gasteiger partial charge on any atom is 0.218 e. The Labute approximate surface area is 110 Å². The third-order valence-electron chi connectivity index (χ3n) is 3.21. The molecule has 1 heterocycles. The molecule has 1 saturated heterocycles. The van der Waals surface area contributed by atoms with Gasteiger partial charge in [0.15, 0.2) is 0 Å². The summed E-state index contributed by atoms with van der Waals surface area (Å²) in [5.74, 6) is -2.41. The molecule has 106 valence electrons. The molecule has 1 aromatic carbocycles. The Morgan fingerprint density at radius 1 is 1.21 bits per heavy atom. The van der Waals surface area contributed by atoms with E-state index < -0.39 is 39.1 Å². The fraction of sp³-hybridized carbons (Fsp3) is 0.500. The number of sulfonamides is 1. The summed E-state index contributed by atoms with van der Waals surface area (Å²) < 4.78 is 52.2. The normalized spacial score (nSPS) is 18.7. The van der Waals surface area contributed by atoms with Crippen LogP contribution < -0.4 is 0 Å². The van der Waals surface area contributed by atoms with Crippen molar-refractivity contribution < 1.29 is 22.3 Å². The number of nitrogens with zero attached hydrogens (tertiary/aromatic N) is 1. The molecule has 1 aliphatic rings. The van der Waals surface area contributed by atoms with Gasteiger partial charge in [-0.1, -0.05) is 6.07 Å². The van der Waals surface area contributed by atoms with Crippen LogP contribution in [0.5, 0.6) is 0 Å². The first-order valence-electron chi connectivity index (χ1n) is 5.99. The lowest BCUT2D eigenvalue weighted by Crippen LogP contribution is -2.40. The third-order valence-corrected chi connectivity index (χ3v) is 5.01. The van der Waals surface area contributed by atoms with Crippen molar-refractivity contribution in [2.45, 2.75) is 24.7 Å². The van der Waals surface area contributed by atoms with Crippen LogP contribution in [0, 0.1) is 11.6 Å². The highest BCUT2D eigenvalue weighted by atomic mass is 32.2. The maximum absolute atomic E-state index is 13.4. The second-order valence-electron chi connectivity index (χ2n) is 4.59. The van der Waals surface area contributed by atoms with E-state index in [0.29, 0.717) is 12.8 Å². The molecule has 2 rings (SSSR count). The van der Waals surface area contributed by atoms with Crippen LogP contribution in [0.25, 0.3) is 0 Å². The van der Waals surface area contributed by atoms with Crippen molar-refractivity contribution in [3.8, 4) is 0 Å². The Hall–Kier alpha value is -1.05. The SMILES string of the molecule is O=S(=O)(Cc1c(F)cccc1F)N1CCC(O)CC1. The van der Waals surface area contributed by atoms with Crippen molar-refractivity contribution in [1.82, 2.24) is 4.31 Å². The highest BCUT2D eigenvalue weighted by Crippen LogP contribution is 2.20. The Balaban J connectivity index is 2.17. The maximum atomic E-state index is 13.4. The van der Waals surface area contributed by atoms with Crippen molar-refractivity contribution in [3.63, 3.8) is 0 Å². The summed E-state index contributed by atoms with van der Waals surface area (Å²) in [7, 11) is -3.76. The Bertz CT molecular complexity index is 534. The largest absolute Gasteiger partial charge is 0.393 e. The molecular formula is C12H15F2NO3S. The molecule has 0 atom stereocenters. The van der Waals surface area contributed by atoms with Gasteiger partial charge in [0, 0.05) is 18.7 Å². The van der Waals surface area contributed by atoms with Gasteiger partial charge in [-0.25, -0.2) is 21.5 Å². The molecular weight excluding hydrogens is 276 g/mol. The van der Waals surface area contributed by atoms with Crippen molar-refractivity contribution >= 4 is 10.0 Å². The summed E-state index contributed by atoms with van der Waals surface area (Å²) in [6.45, 7) is 0.360. The number of benzene rings is 1. The lowest BCUT2D eigenvalue weighted by atomic mass is 10.1. The predicted molar refractivity (Wildman–Crippen MR) is 65.8 cm³/mol. The second-order valence-corrected chi connectivity index (χ2v) is 6.56. The quantitative estimate of drug-likeness (QED) is 0.912. The van der Waals surface area contributed by atoms with Crippen LogP contribution in [0.15, 0.2) is 18.2 Å². The number of rotatable bonds is 3. The first-order valence-corrected chi connectivity index (χ1v) is 7.60. The Morgan fingerprint density at radius 3 is 2.26 bits per heavy atom. The fourth-order valence-corrected chi connectivity index (χ4v) is 3.65. The Morgan fingerprint density at radius 2 is 1.74 bits per heavy atom. The first-order chi connectivity index (χ1) is 8.90. The van der Waals surface area contributed by atoms with Gasteiger partial charge in [-0.15, -0.1) is 0 Å². The van der Waals surface area contributed by atoms with E-state index in [1.807, 2.05) is 0 Å². The molecule has 4 nitrogen and oxygen atoms in total. The molecule has 0 aromatic heterocycles. The number of hydrogen-bond acceptors (Lipinski definition) is 3. The van der Waals surface area contributed by atoms with Crippen molar-refractivity contribution in [3.05, 3.63) is 35.4 Å². The minimum absolute atomic E-state index is 0.180. The lowest BCUT2D eigenvalue weighted by Gasteiger charge is -2.28. The minimum Gasteiger partial charge on any atom is -0.393 e. The zero-order chi connectivity index (χ0) is 14.0. The molecule has 1 aliphatic heterocycles.